The highest BCUT2D eigenvalue weighted by Crippen LogP contribution is 2.17. The lowest BCUT2D eigenvalue weighted by molar-refractivity contribution is 0.102. The van der Waals surface area contributed by atoms with Gasteiger partial charge in [-0.25, -0.2) is 4.39 Å². The molecule has 0 saturated heterocycles. The first-order chi connectivity index (χ1) is 10.1. The van der Waals surface area contributed by atoms with Crippen molar-refractivity contribution in [3.63, 3.8) is 0 Å². The Labute approximate surface area is 123 Å². The molecular weight excluding hydrogens is 267 g/mol. The number of amides is 1. The molecule has 0 spiro atoms. The van der Waals surface area contributed by atoms with Crippen molar-refractivity contribution in [2.24, 2.45) is 5.73 Å². The second-order valence-corrected chi connectivity index (χ2v) is 4.50. The maximum Gasteiger partial charge on any atom is 0.255 e. The summed E-state index contributed by atoms with van der Waals surface area (Å²) >= 11 is 0. The van der Waals surface area contributed by atoms with Crippen molar-refractivity contribution in [2.45, 2.75) is 6.92 Å². The molecule has 2 aromatic carbocycles. The van der Waals surface area contributed by atoms with Gasteiger partial charge in [-0.2, -0.15) is 0 Å². The quantitative estimate of drug-likeness (QED) is 0.832. The molecule has 0 aliphatic carbocycles. The van der Waals surface area contributed by atoms with E-state index in [-0.39, 0.29) is 11.7 Å². The van der Waals surface area contributed by atoms with Gasteiger partial charge in [-0.3, -0.25) is 4.79 Å². The van der Waals surface area contributed by atoms with Gasteiger partial charge in [0.2, 0.25) is 0 Å². The third-order valence-corrected chi connectivity index (χ3v) is 2.92. The molecule has 0 unspecified atom stereocenters. The number of carbonyl (C=O) groups is 1. The molecular formula is C17H15FN2O. The monoisotopic (exact) mass is 282 g/mol. The highest BCUT2D eigenvalue weighted by atomic mass is 19.1. The number of rotatable bonds is 2. The first-order valence-electron chi connectivity index (χ1n) is 6.46. The van der Waals surface area contributed by atoms with Crippen LogP contribution in [0.3, 0.4) is 0 Å². The van der Waals surface area contributed by atoms with E-state index in [0.717, 1.165) is 5.56 Å². The number of nitrogens with one attached hydrogen (secondary N) is 1. The van der Waals surface area contributed by atoms with Gasteiger partial charge in [0.05, 0.1) is 6.54 Å². The zero-order valence-electron chi connectivity index (χ0n) is 11.6. The number of benzene rings is 2. The van der Waals surface area contributed by atoms with Gasteiger partial charge >= 0.3 is 0 Å². The van der Waals surface area contributed by atoms with Gasteiger partial charge in [0, 0.05) is 16.8 Å². The molecule has 0 aliphatic rings. The summed E-state index contributed by atoms with van der Waals surface area (Å²) in [5, 5.41) is 2.75. The van der Waals surface area contributed by atoms with Crippen molar-refractivity contribution in [1.29, 1.82) is 0 Å². The Hall–Kier alpha value is -2.64. The van der Waals surface area contributed by atoms with E-state index in [4.69, 9.17) is 5.73 Å². The molecule has 0 saturated carbocycles. The smallest absolute Gasteiger partial charge is 0.255 e. The Morgan fingerprint density at radius 1 is 1.24 bits per heavy atom. The Balaban J connectivity index is 2.13. The molecule has 1 amide bonds. The molecule has 0 aliphatic heterocycles. The van der Waals surface area contributed by atoms with E-state index >= 15 is 0 Å². The Morgan fingerprint density at radius 3 is 2.57 bits per heavy atom. The topological polar surface area (TPSA) is 55.1 Å². The number of nitrogens with two attached hydrogens (primary N) is 1. The standard InChI is InChI=1S/C17H15FN2O/c1-12-11-15(18)8-9-16(12)20-17(21)14-6-4-13(5-7-14)3-2-10-19/h4-9,11H,10,19H2,1H3,(H,20,21). The van der Waals surface area contributed by atoms with Crippen LogP contribution in [-0.4, -0.2) is 12.5 Å². The number of anilines is 1. The predicted molar refractivity (Wildman–Crippen MR) is 81.5 cm³/mol. The van der Waals surface area contributed by atoms with E-state index in [1.165, 1.54) is 12.1 Å². The van der Waals surface area contributed by atoms with Crippen LogP contribution in [0.1, 0.15) is 21.5 Å². The van der Waals surface area contributed by atoms with Crippen molar-refractivity contribution in [3.05, 3.63) is 65.0 Å². The average Bonchev–Trinajstić information content (AvgIpc) is 2.48. The molecule has 21 heavy (non-hydrogen) atoms. The lowest BCUT2D eigenvalue weighted by Crippen LogP contribution is -2.12. The normalized spacial score (nSPS) is 9.67. The number of halogens is 1. The minimum absolute atomic E-state index is 0.247. The number of aryl methyl sites for hydroxylation is 1. The zero-order valence-corrected chi connectivity index (χ0v) is 11.6. The molecule has 3 N–H and O–H groups in total. The van der Waals surface area contributed by atoms with E-state index < -0.39 is 0 Å². The second-order valence-electron chi connectivity index (χ2n) is 4.50. The van der Waals surface area contributed by atoms with E-state index in [9.17, 15) is 9.18 Å². The van der Waals surface area contributed by atoms with Crippen LogP contribution >= 0.6 is 0 Å². The van der Waals surface area contributed by atoms with Crippen LogP contribution in [-0.2, 0) is 0 Å². The van der Waals surface area contributed by atoms with Crippen molar-refractivity contribution >= 4 is 11.6 Å². The third kappa shape index (κ3) is 3.91. The Bertz CT molecular complexity index is 712. The highest BCUT2D eigenvalue weighted by molar-refractivity contribution is 6.04. The lowest BCUT2D eigenvalue weighted by atomic mass is 10.1. The fourth-order valence-corrected chi connectivity index (χ4v) is 1.82. The van der Waals surface area contributed by atoms with E-state index in [0.29, 0.717) is 23.4 Å². The fourth-order valence-electron chi connectivity index (χ4n) is 1.82. The molecule has 0 atom stereocenters. The van der Waals surface area contributed by atoms with Crippen LogP contribution in [0.5, 0.6) is 0 Å². The maximum absolute atomic E-state index is 13.0. The van der Waals surface area contributed by atoms with Crippen LogP contribution in [0, 0.1) is 24.6 Å². The van der Waals surface area contributed by atoms with Crippen LogP contribution in [0.4, 0.5) is 10.1 Å². The molecule has 106 valence electrons. The van der Waals surface area contributed by atoms with E-state index in [1.807, 2.05) is 0 Å². The number of carbonyl (C=O) groups excluding carboxylic acids is 1. The second kappa shape index (κ2) is 6.69. The van der Waals surface area contributed by atoms with Crippen molar-refractivity contribution in [2.75, 3.05) is 11.9 Å². The van der Waals surface area contributed by atoms with Crippen molar-refractivity contribution in [1.82, 2.24) is 0 Å². The van der Waals surface area contributed by atoms with Gasteiger partial charge in [-0.05, 0) is 55.0 Å². The van der Waals surface area contributed by atoms with Gasteiger partial charge in [-0.1, -0.05) is 11.8 Å². The minimum Gasteiger partial charge on any atom is -0.322 e. The van der Waals surface area contributed by atoms with Gasteiger partial charge in [-0.15, -0.1) is 0 Å². The first kappa shape index (κ1) is 14.8. The number of hydrogen-bond acceptors (Lipinski definition) is 2. The summed E-state index contributed by atoms with van der Waals surface area (Å²) in [5.74, 6) is 5.06. The maximum atomic E-state index is 13.0. The molecule has 4 heteroatoms. The summed E-state index contributed by atoms with van der Waals surface area (Å²) in [4.78, 5) is 12.1. The average molecular weight is 282 g/mol. The van der Waals surface area contributed by atoms with Crippen LogP contribution in [0.25, 0.3) is 0 Å². The molecule has 3 nitrogen and oxygen atoms in total. The Morgan fingerprint density at radius 2 is 1.95 bits per heavy atom. The van der Waals surface area contributed by atoms with E-state index in [2.05, 4.69) is 17.2 Å². The van der Waals surface area contributed by atoms with Crippen molar-refractivity contribution in [3.8, 4) is 11.8 Å². The largest absolute Gasteiger partial charge is 0.322 e. The summed E-state index contributed by atoms with van der Waals surface area (Å²) in [5.41, 5.74) is 7.88. The summed E-state index contributed by atoms with van der Waals surface area (Å²) < 4.78 is 13.0. The third-order valence-electron chi connectivity index (χ3n) is 2.92. The van der Waals surface area contributed by atoms with E-state index in [1.54, 1.807) is 37.3 Å². The molecule has 0 radical (unpaired) electrons. The van der Waals surface area contributed by atoms with Gasteiger partial charge in [0.1, 0.15) is 5.82 Å². The van der Waals surface area contributed by atoms with Gasteiger partial charge in [0.15, 0.2) is 0 Å². The molecule has 0 bridgehead atoms. The molecule has 2 rings (SSSR count). The SMILES string of the molecule is Cc1cc(F)ccc1NC(=O)c1ccc(C#CCN)cc1. The Kier molecular flexibility index (Phi) is 4.70. The molecule has 0 fully saturated rings. The summed E-state index contributed by atoms with van der Waals surface area (Å²) in [6.45, 7) is 2.04. The fraction of sp³-hybridized carbons (Fsp3) is 0.118. The summed E-state index contributed by atoms with van der Waals surface area (Å²) in [6.07, 6.45) is 0. The predicted octanol–water partition coefficient (Wildman–Crippen LogP) is 2.70. The lowest BCUT2D eigenvalue weighted by Gasteiger charge is -2.08. The summed E-state index contributed by atoms with van der Waals surface area (Å²) in [7, 11) is 0. The number of hydrogen-bond donors (Lipinski definition) is 2. The minimum atomic E-state index is -0.326. The van der Waals surface area contributed by atoms with Gasteiger partial charge < -0.3 is 11.1 Å². The molecule has 2 aromatic rings. The summed E-state index contributed by atoms with van der Waals surface area (Å²) in [6, 6.07) is 11.1. The highest BCUT2D eigenvalue weighted by Gasteiger charge is 2.08. The first-order valence-corrected chi connectivity index (χ1v) is 6.46. The van der Waals surface area contributed by atoms with Crippen molar-refractivity contribution < 1.29 is 9.18 Å². The van der Waals surface area contributed by atoms with Crippen LogP contribution in [0.2, 0.25) is 0 Å². The molecule has 0 heterocycles. The van der Waals surface area contributed by atoms with Gasteiger partial charge in [0.25, 0.3) is 5.91 Å². The zero-order chi connectivity index (χ0) is 15.2. The van der Waals surface area contributed by atoms with Crippen LogP contribution < -0.4 is 11.1 Å². The molecule has 0 aromatic heterocycles. The van der Waals surface area contributed by atoms with Crippen LogP contribution in [0.15, 0.2) is 42.5 Å².